The summed E-state index contributed by atoms with van der Waals surface area (Å²) in [5.41, 5.74) is -0.492. The molecule has 0 spiro atoms. The summed E-state index contributed by atoms with van der Waals surface area (Å²) in [5, 5.41) is 16.7. The summed E-state index contributed by atoms with van der Waals surface area (Å²) >= 11 is 0. The predicted molar refractivity (Wildman–Crippen MR) is 95.5 cm³/mol. The van der Waals surface area contributed by atoms with E-state index >= 15 is 0 Å². The number of nitrogens with one attached hydrogen (secondary N) is 2. The Hall–Kier alpha value is -2.22. The number of carbonyl (C=O) groups excluding carboxylic acids is 1. The molecule has 2 atom stereocenters. The lowest BCUT2D eigenvalue weighted by atomic mass is 9.79. The first-order chi connectivity index (χ1) is 11.6. The zero-order valence-electron chi connectivity index (χ0n) is 13.6. The molecule has 8 heteroatoms. The molecule has 2 aromatic rings. The van der Waals surface area contributed by atoms with Crippen molar-refractivity contribution >= 4 is 18.3 Å². The van der Waals surface area contributed by atoms with Gasteiger partial charge in [-0.1, -0.05) is 30.3 Å². The maximum absolute atomic E-state index is 12.5. The maximum atomic E-state index is 12.5. The van der Waals surface area contributed by atoms with Gasteiger partial charge in [0.2, 0.25) is 5.91 Å². The third-order valence-corrected chi connectivity index (χ3v) is 4.35. The zero-order valence-corrected chi connectivity index (χ0v) is 14.4. The molecule has 25 heavy (non-hydrogen) atoms. The summed E-state index contributed by atoms with van der Waals surface area (Å²) in [5.74, 6) is -0.338. The van der Waals surface area contributed by atoms with Crippen LogP contribution in [-0.4, -0.2) is 39.8 Å². The van der Waals surface area contributed by atoms with Gasteiger partial charge in [-0.25, -0.2) is 9.78 Å². The fourth-order valence-corrected chi connectivity index (χ4v) is 3.11. The van der Waals surface area contributed by atoms with Gasteiger partial charge in [0.15, 0.2) is 0 Å². The fraction of sp³-hybridized carbons (Fsp3) is 0.353. The standard InChI is InChI=1S/C17H20N4O3.ClH/c22-14-11-18-9-7-17(14,13-5-2-1-3-6-13)20-15(23)12-21-10-4-8-19-16(21)24;/h1-6,8,10,14,18,22H,7,9,11-12H2,(H,20,23);1H/t14-,17+;/m1./s1. The van der Waals surface area contributed by atoms with Gasteiger partial charge in [0.25, 0.3) is 0 Å². The van der Waals surface area contributed by atoms with Crippen LogP contribution in [0.5, 0.6) is 0 Å². The van der Waals surface area contributed by atoms with Gasteiger partial charge in [0.1, 0.15) is 6.54 Å². The van der Waals surface area contributed by atoms with Gasteiger partial charge in [-0.2, -0.15) is 0 Å². The maximum Gasteiger partial charge on any atom is 0.347 e. The third-order valence-electron chi connectivity index (χ3n) is 4.35. The molecule has 0 aliphatic carbocycles. The summed E-state index contributed by atoms with van der Waals surface area (Å²) in [6.07, 6.45) is 2.70. The monoisotopic (exact) mass is 364 g/mol. The molecule has 3 N–H and O–H groups in total. The summed E-state index contributed by atoms with van der Waals surface area (Å²) in [6, 6.07) is 11.0. The Morgan fingerprint density at radius 2 is 2.12 bits per heavy atom. The van der Waals surface area contributed by atoms with Gasteiger partial charge in [0.05, 0.1) is 11.6 Å². The molecule has 1 amide bonds. The average Bonchev–Trinajstić information content (AvgIpc) is 2.60. The van der Waals surface area contributed by atoms with E-state index in [9.17, 15) is 14.7 Å². The quantitative estimate of drug-likeness (QED) is 0.711. The van der Waals surface area contributed by atoms with E-state index < -0.39 is 17.3 Å². The first-order valence-corrected chi connectivity index (χ1v) is 7.88. The first-order valence-electron chi connectivity index (χ1n) is 7.88. The first kappa shape index (κ1) is 19.1. The number of nitrogens with zero attached hydrogens (tertiary/aromatic N) is 2. The van der Waals surface area contributed by atoms with Crippen molar-refractivity contribution in [2.75, 3.05) is 13.1 Å². The summed E-state index contributed by atoms with van der Waals surface area (Å²) in [6.45, 7) is 0.933. The lowest BCUT2D eigenvalue weighted by Gasteiger charge is -2.43. The second-order valence-electron chi connectivity index (χ2n) is 5.89. The summed E-state index contributed by atoms with van der Waals surface area (Å²) in [4.78, 5) is 27.8. The van der Waals surface area contributed by atoms with Crippen molar-refractivity contribution in [3.63, 3.8) is 0 Å². The van der Waals surface area contributed by atoms with Crippen LogP contribution in [0.3, 0.4) is 0 Å². The molecule has 1 aromatic heterocycles. The molecule has 2 heterocycles. The van der Waals surface area contributed by atoms with Crippen molar-refractivity contribution < 1.29 is 9.90 Å². The number of benzene rings is 1. The van der Waals surface area contributed by atoms with Crippen molar-refractivity contribution in [2.24, 2.45) is 0 Å². The molecule has 1 aromatic carbocycles. The number of aliphatic hydroxyl groups is 1. The summed E-state index contributed by atoms with van der Waals surface area (Å²) < 4.78 is 1.24. The molecule has 3 rings (SSSR count). The topological polar surface area (TPSA) is 96.2 Å². The van der Waals surface area contributed by atoms with Crippen LogP contribution in [-0.2, 0) is 16.9 Å². The number of aromatic nitrogens is 2. The van der Waals surface area contributed by atoms with Crippen molar-refractivity contribution in [3.05, 3.63) is 64.8 Å². The minimum atomic E-state index is -0.866. The number of amides is 1. The van der Waals surface area contributed by atoms with Gasteiger partial charge < -0.3 is 15.7 Å². The number of rotatable bonds is 4. The number of carbonyl (C=O) groups is 1. The number of aliphatic hydroxyl groups excluding tert-OH is 1. The number of hydrogen-bond donors (Lipinski definition) is 3. The fourth-order valence-electron chi connectivity index (χ4n) is 3.11. The zero-order chi connectivity index (χ0) is 17.0. The highest BCUT2D eigenvalue weighted by Crippen LogP contribution is 2.31. The summed E-state index contributed by atoms with van der Waals surface area (Å²) in [7, 11) is 0. The van der Waals surface area contributed by atoms with Gasteiger partial charge in [-0.05, 0) is 24.6 Å². The molecule has 0 bridgehead atoms. The van der Waals surface area contributed by atoms with E-state index in [0.29, 0.717) is 19.5 Å². The van der Waals surface area contributed by atoms with Crippen LogP contribution >= 0.6 is 12.4 Å². The van der Waals surface area contributed by atoms with Crippen LogP contribution in [0.2, 0.25) is 0 Å². The molecular formula is C17H21ClN4O3. The van der Waals surface area contributed by atoms with E-state index in [1.54, 1.807) is 6.07 Å². The van der Waals surface area contributed by atoms with Crippen molar-refractivity contribution in [1.82, 2.24) is 20.2 Å². The highest BCUT2D eigenvalue weighted by Gasteiger charge is 2.42. The van der Waals surface area contributed by atoms with Crippen LogP contribution in [0.1, 0.15) is 12.0 Å². The minimum Gasteiger partial charge on any atom is -0.389 e. The molecule has 0 saturated carbocycles. The van der Waals surface area contributed by atoms with E-state index in [4.69, 9.17) is 0 Å². The highest BCUT2D eigenvalue weighted by molar-refractivity contribution is 5.85. The number of hydrogen-bond acceptors (Lipinski definition) is 5. The number of piperidine rings is 1. The molecule has 1 aliphatic rings. The van der Waals surface area contributed by atoms with Crippen LogP contribution < -0.4 is 16.3 Å². The predicted octanol–water partition coefficient (Wildman–Crippen LogP) is 0.0310. The minimum absolute atomic E-state index is 0. The lowest BCUT2D eigenvalue weighted by Crippen LogP contribution is -2.61. The third kappa shape index (κ3) is 4.07. The second-order valence-corrected chi connectivity index (χ2v) is 5.89. The van der Waals surface area contributed by atoms with Gasteiger partial charge in [-0.3, -0.25) is 9.36 Å². The molecule has 1 aliphatic heterocycles. The molecule has 1 saturated heterocycles. The van der Waals surface area contributed by atoms with Gasteiger partial charge >= 0.3 is 5.69 Å². The highest BCUT2D eigenvalue weighted by atomic mass is 35.5. The average molecular weight is 365 g/mol. The van der Waals surface area contributed by atoms with E-state index in [2.05, 4.69) is 15.6 Å². The van der Waals surface area contributed by atoms with Crippen LogP contribution in [0.4, 0.5) is 0 Å². The van der Waals surface area contributed by atoms with Crippen molar-refractivity contribution in [3.8, 4) is 0 Å². The second kappa shape index (κ2) is 8.24. The Labute approximate surface area is 151 Å². The molecule has 0 unspecified atom stereocenters. The van der Waals surface area contributed by atoms with Crippen molar-refractivity contribution in [2.45, 2.75) is 24.6 Å². The lowest BCUT2D eigenvalue weighted by molar-refractivity contribution is -0.126. The normalized spacial score (nSPS) is 22.7. The van der Waals surface area contributed by atoms with Crippen molar-refractivity contribution in [1.29, 1.82) is 0 Å². The molecule has 7 nitrogen and oxygen atoms in total. The smallest absolute Gasteiger partial charge is 0.347 e. The Balaban J connectivity index is 0.00000225. The number of β-amino-alcohol motifs (C(OH)–C–C–N with tert-alkyl or cyclic N) is 1. The molecule has 1 fully saturated rings. The van der Waals surface area contributed by atoms with Crippen LogP contribution in [0.25, 0.3) is 0 Å². The Morgan fingerprint density at radius 1 is 1.36 bits per heavy atom. The van der Waals surface area contributed by atoms with E-state index in [1.807, 2.05) is 30.3 Å². The largest absolute Gasteiger partial charge is 0.389 e. The molecule has 134 valence electrons. The van der Waals surface area contributed by atoms with Gasteiger partial charge in [-0.15, -0.1) is 12.4 Å². The van der Waals surface area contributed by atoms with Gasteiger partial charge in [0, 0.05) is 18.9 Å². The number of halogens is 1. The Morgan fingerprint density at radius 3 is 2.80 bits per heavy atom. The van der Waals surface area contributed by atoms with E-state index in [0.717, 1.165) is 5.56 Å². The van der Waals surface area contributed by atoms with E-state index in [-0.39, 0.29) is 24.9 Å². The van der Waals surface area contributed by atoms with E-state index in [1.165, 1.54) is 17.0 Å². The van der Waals surface area contributed by atoms with Crippen LogP contribution in [0.15, 0.2) is 53.6 Å². The molecule has 0 radical (unpaired) electrons. The van der Waals surface area contributed by atoms with Crippen LogP contribution in [0, 0.1) is 0 Å². The Bertz CT molecular complexity index is 768. The molecular weight excluding hydrogens is 344 g/mol. The SMILES string of the molecule is Cl.O=C(Cn1cccnc1=O)N[C@]1(c2ccccc2)CCNC[C@H]1O. The Kier molecular flexibility index (Phi) is 6.30.